The Kier molecular flexibility index (Phi) is 5.57. The molecular formula is C21H21O3P. The summed E-state index contributed by atoms with van der Waals surface area (Å²) in [5, 5.41) is 0. The molecule has 0 aromatic heterocycles. The van der Waals surface area contributed by atoms with Crippen LogP contribution in [0.25, 0.3) is 0 Å². The van der Waals surface area contributed by atoms with E-state index in [1.54, 1.807) is 0 Å². The van der Waals surface area contributed by atoms with Crippen LogP contribution in [0.3, 0.4) is 0 Å². The standard InChI is InChI=1S/C21H21O3P/c1-16-7-11-19(12-8-16)22-25(23-20-13-9-17(2)10-14-20)24-21-6-4-5-18(3)15-21/h4-15H,1-3H3. The molecule has 0 aliphatic carbocycles. The van der Waals surface area contributed by atoms with Gasteiger partial charge >= 0.3 is 8.60 Å². The van der Waals surface area contributed by atoms with E-state index in [-0.39, 0.29) is 0 Å². The normalized spacial score (nSPS) is 10.6. The lowest BCUT2D eigenvalue weighted by Crippen LogP contribution is -2.02. The molecule has 4 heteroatoms. The molecule has 3 aromatic carbocycles. The highest BCUT2D eigenvalue weighted by molar-refractivity contribution is 7.43. The lowest BCUT2D eigenvalue weighted by atomic mass is 10.2. The summed E-state index contributed by atoms with van der Waals surface area (Å²) in [5.41, 5.74) is 3.48. The van der Waals surface area contributed by atoms with Gasteiger partial charge in [-0.05, 0) is 62.7 Å². The van der Waals surface area contributed by atoms with Crippen LogP contribution >= 0.6 is 8.60 Å². The van der Waals surface area contributed by atoms with E-state index in [9.17, 15) is 0 Å². The Bertz CT molecular complexity index is 766. The molecule has 0 bridgehead atoms. The van der Waals surface area contributed by atoms with Gasteiger partial charge in [0.2, 0.25) is 0 Å². The molecule has 0 atom stereocenters. The quantitative estimate of drug-likeness (QED) is 0.482. The zero-order valence-electron chi connectivity index (χ0n) is 14.6. The summed E-state index contributed by atoms with van der Waals surface area (Å²) in [6.07, 6.45) is 0. The molecule has 128 valence electrons. The third-order valence-corrected chi connectivity index (χ3v) is 4.65. The minimum Gasteiger partial charge on any atom is -0.409 e. The highest BCUT2D eigenvalue weighted by Gasteiger charge is 2.19. The van der Waals surface area contributed by atoms with E-state index >= 15 is 0 Å². The molecule has 0 saturated heterocycles. The zero-order valence-corrected chi connectivity index (χ0v) is 15.5. The molecule has 3 aromatic rings. The van der Waals surface area contributed by atoms with Crippen molar-refractivity contribution in [2.24, 2.45) is 0 Å². The molecule has 0 saturated carbocycles. The van der Waals surface area contributed by atoms with E-state index < -0.39 is 8.60 Å². The molecule has 25 heavy (non-hydrogen) atoms. The second-order valence-electron chi connectivity index (χ2n) is 5.94. The van der Waals surface area contributed by atoms with E-state index in [2.05, 4.69) is 0 Å². The van der Waals surface area contributed by atoms with Crippen LogP contribution in [0.5, 0.6) is 17.2 Å². The van der Waals surface area contributed by atoms with Crippen LogP contribution in [0.4, 0.5) is 0 Å². The van der Waals surface area contributed by atoms with Crippen molar-refractivity contribution >= 4 is 8.60 Å². The van der Waals surface area contributed by atoms with Crippen molar-refractivity contribution in [3.8, 4) is 17.2 Å². The van der Waals surface area contributed by atoms with E-state index in [4.69, 9.17) is 13.6 Å². The molecule has 0 amide bonds. The number of aryl methyl sites for hydroxylation is 3. The topological polar surface area (TPSA) is 27.7 Å². The largest absolute Gasteiger partial charge is 0.530 e. The summed E-state index contributed by atoms with van der Waals surface area (Å²) >= 11 is 0. The van der Waals surface area contributed by atoms with Crippen molar-refractivity contribution in [3.05, 3.63) is 89.5 Å². The van der Waals surface area contributed by atoms with Crippen molar-refractivity contribution in [1.82, 2.24) is 0 Å². The second kappa shape index (κ2) is 8.04. The van der Waals surface area contributed by atoms with Crippen LogP contribution in [0.15, 0.2) is 72.8 Å². The molecule has 0 radical (unpaired) electrons. The van der Waals surface area contributed by atoms with Crippen LogP contribution in [0.2, 0.25) is 0 Å². The van der Waals surface area contributed by atoms with Crippen LogP contribution < -0.4 is 13.6 Å². The van der Waals surface area contributed by atoms with Crippen molar-refractivity contribution in [3.63, 3.8) is 0 Å². The number of rotatable bonds is 6. The summed E-state index contributed by atoms with van der Waals surface area (Å²) in [4.78, 5) is 0. The third-order valence-electron chi connectivity index (χ3n) is 3.57. The average Bonchev–Trinajstić information content (AvgIpc) is 2.59. The lowest BCUT2D eigenvalue weighted by Gasteiger charge is -2.18. The minimum absolute atomic E-state index is 0.719. The number of hydrogen-bond acceptors (Lipinski definition) is 3. The summed E-state index contributed by atoms with van der Waals surface area (Å²) < 4.78 is 17.9. The van der Waals surface area contributed by atoms with Gasteiger partial charge in [0, 0.05) is 0 Å². The second-order valence-corrected chi connectivity index (χ2v) is 6.94. The fraction of sp³-hybridized carbons (Fsp3) is 0.143. The van der Waals surface area contributed by atoms with Gasteiger partial charge in [0.25, 0.3) is 0 Å². The lowest BCUT2D eigenvalue weighted by molar-refractivity contribution is 0.388. The van der Waals surface area contributed by atoms with Crippen molar-refractivity contribution in [2.75, 3.05) is 0 Å². The summed E-state index contributed by atoms with van der Waals surface area (Å²) in [6, 6.07) is 23.5. The molecule has 0 heterocycles. The van der Waals surface area contributed by atoms with Crippen molar-refractivity contribution in [2.45, 2.75) is 20.8 Å². The predicted molar refractivity (Wildman–Crippen MR) is 102 cm³/mol. The maximum Gasteiger partial charge on any atom is 0.530 e. The first kappa shape index (κ1) is 17.3. The molecule has 3 rings (SSSR count). The maximum absolute atomic E-state index is 5.98. The van der Waals surface area contributed by atoms with Gasteiger partial charge in [-0.3, -0.25) is 0 Å². The van der Waals surface area contributed by atoms with Crippen LogP contribution in [-0.4, -0.2) is 0 Å². The number of benzene rings is 3. The fourth-order valence-electron chi connectivity index (χ4n) is 2.18. The number of hydrogen-bond donors (Lipinski definition) is 0. The molecule has 3 nitrogen and oxygen atoms in total. The molecule has 0 aliphatic heterocycles. The maximum atomic E-state index is 5.98. The first-order chi connectivity index (χ1) is 12.1. The van der Waals surface area contributed by atoms with E-state index in [0.29, 0.717) is 0 Å². The van der Waals surface area contributed by atoms with Crippen LogP contribution in [0.1, 0.15) is 16.7 Å². The molecule has 0 N–H and O–H groups in total. The molecule has 0 fully saturated rings. The molecule has 0 spiro atoms. The highest BCUT2D eigenvalue weighted by Crippen LogP contribution is 2.42. The Balaban J connectivity index is 1.79. The Labute approximate surface area is 150 Å². The first-order valence-electron chi connectivity index (χ1n) is 8.12. The highest BCUT2D eigenvalue weighted by atomic mass is 31.2. The van der Waals surface area contributed by atoms with Crippen LogP contribution in [0, 0.1) is 20.8 Å². The summed E-state index contributed by atoms with van der Waals surface area (Å²) in [5.74, 6) is 2.17. The van der Waals surface area contributed by atoms with Crippen molar-refractivity contribution < 1.29 is 13.6 Å². The zero-order chi connectivity index (χ0) is 17.6. The van der Waals surface area contributed by atoms with Gasteiger partial charge < -0.3 is 13.6 Å². The molecular weight excluding hydrogens is 331 g/mol. The minimum atomic E-state index is -1.62. The van der Waals surface area contributed by atoms with Gasteiger partial charge in [-0.25, -0.2) is 0 Å². The van der Waals surface area contributed by atoms with Gasteiger partial charge in [-0.15, -0.1) is 0 Å². The van der Waals surface area contributed by atoms with E-state index in [1.165, 1.54) is 11.1 Å². The van der Waals surface area contributed by atoms with Crippen LogP contribution in [-0.2, 0) is 0 Å². The SMILES string of the molecule is Cc1ccc(OP(Oc2ccc(C)cc2)Oc2cccc(C)c2)cc1. The fourth-order valence-corrected chi connectivity index (χ4v) is 3.17. The van der Waals surface area contributed by atoms with Gasteiger partial charge in [0.15, 0.2) is 0 Å². The monoisotopic (exact) mass is 352 g/mol. The predicted octanol–water partition coefficient (Wildman–Crippen LogP) is 6.38. The summed E-state index contributed by atoms with van der Waals surface area (Å²) in [6.45, 7) is 6.11. The van der Waals surface area contributed by atoms with Gasteiger partial charge in [0.05, 0.1) is 0 Å². The van der Waals surface area contributed by atoms with E-state index in [1.807, 2.05) is 93.6 Å². The van der Waals surface area contributed by atoms with Gasteiger partial charge in [-0.2, -0.15) is 0 Å². The van der Waals surface area contributed by atoms with E-state index in [0.717, 1.165) is 22.8 Å². The molecule has 0 aliphatic rings. The van der Waals surface area contributed by atoms with Crippen molar-refractivity contribution in [1.29, 1.82) is 0 Å². The Morgan fingerprint density at radius 3 is 1.48 bits per heavy atom. The molecule has 0 unspecified atom stereocenters. The third kappa shape index (κ3) is 5.23. The first-order valence-corrected chi connectivity index (χ1v) is 9.22. The Morgan fingerprint density at radius 2 is 1.00 bits per heavy atom. The van der Waals surface area contributed by atoms with Gasteiger partial charge in [0.1, 0.15) is 17.2 Å². The average molecular weight is 352 g/mol. The Morgan fingerprint density at radius 1 is 0.520 bits per heavy atom. The van der Waals surface area contributed by atoms with Gasteiger partial charge in [-0.1, -0.05) is 47.5 Å². The Hall–Kier alpha value is -2.51. The summed E-state index contributed by atoms with van der Waals surface area (Å²) in [7, 11) is -1.62. The smallest absolute Gasteiger partial charge is 0.409 e.